The Hall–Kier alpha value is -2.56. The number of piperazine rings is 1. The van der Waals surface area contributed by atoms with Gasteiger partial charge in [0, 0.05) is 63.6 Å². The van der Waals surface area contributed by atoms with Crippen LogP contribution in [0.5, 0.6) is 0 Å². The predicted molar refractivity (Wildman–Crippen MR) is 130 cm³/mol. The van der Waals surface area contributed by atoms with Gasteiger partial charge in [-0.15, -0.1) is 0 Å². The molecule has 9 nitrogen and oxygen atoms in total. The van der Waals surface area contributed by atoms with E-state index in [1.807, 2.05) is 19.9 Å². The van der Waals surface area contributed by atoms with E-state index in [9.17, 15) is 13.2 Å². The van der Waals surface area contributed by atoms with Gasteiger partial charge in [0.05, 0.1) is 10.9 Å². The van der Waals surface area contributed by atoms with Crippen LogP contribution in [0, 0.1) is 6.92 Å². The fraction of sp³-hybridized carbons (Fsp3) is 0.522. The molecule has 1 aliphatic heterocycles. The van der Waals surface area contributed by atoms with E-state index in [2.05, 4.69) is 33.9 Å². The summed E-state index contributed by atoms with van der Waals surface area (Å²) >= 11 is 0. The van der Waals surface area contributed by atoms with Crippen molar-refractivity contribution >= 4 is 27.4 Å². The van der Waals surface area contributed by atoms with E-state index in [-0.39, 0.29) is 22.8 Å². The Morgan fingerprint density at radius 1 is 1.06 bits per heavy atom. The highest BCUT2D eigenvalue weighted by Gasteiger charge is 2.27. The van der Waals surface area contributed by atoms with Crippen molar-refractivity contribution < 1.29 is 13.2 Å². The van der Waals surface area contributed by atoms with Gasteiger partial charge in [-0.3, -0.25) is 9.69 Å². The molecule has 1 aliphatic rings. The van der Waals surface area contributed by atoms with Gasteiger partial charge in [0.2, 0.25) is 15.9 Å². The Labute approximate surface area is 196 Å². The number of carbonyl (C=O) groups excluding carboxylic acids is 1. The van der Waals surface area contributed by atoms with Crippen molar-refractivity contribution in [3.8, 4) is 0 Å². The van der Waals surface area contributed by atoms with E-state index in [1.165, 1.54) is 26.2 Å². The van der Waals surface area contributed by atoms with Gasteiger partial charge >= 0.3 is 0 Å². The molecule has 0 spiro atoms. The molecule has 0 saturated carbocycles. The summed E-state index contributed by atoms with van der Waals surface area (Å²) in [7, 11) is -0.603. The normalized spacial score (nSPS) is 16.3. The molecule has 2 heterocycles. The average molecular weight is 475 g/mol. The van der Waals surface area contributed by atoms with Crippen LogP contribution in [0.15, 0.2) is 35.2 Å². The van der Waals surface area contributed by atoms with Crippen LogP contribution in [0.3, 0.4) is 0 Å². The number of carbonyl (C=O) groups is 1. The first-order valence-corrected chi connectivity index (χ1v) is 12.6. The lowest BCUT2D eigenvalue weighted by Crippen LogP contribution is -2.53. The van der Waals surface area contributed by atoms with Gasteiger partial charge in [0.1, 0.15) is 11.6 Å². The van der Waals surface area contributed by atoms with E-state index in [0.717, 1.165) is 47.8 Å². The monoisotopic (exact) mass is 474 g/mol. The van der Waals surface area contributed by atoms with Crippen molar-refractivity contribution in [3.63, 3.8) is 0 Å². The topological polar surface area (TPSA) is 98.7 Å². The molecule has 33 heavy (non-hydrogen) atoms. The summed E-state index contributed by atoms with van der Waals surface area (Å²) in [5.41, 5.74) is 1.42. The number of benzene rings is 1. The van der Waals surface area contributed by atoms with Crippen LogP contribution in [0.25, 0.3) is 0 Å². The lowest BCUT2D eigenvalue weighted by Gasteiger charge is -2.38. The highest BCUT2D eigenvalue weighted by Crippen LogP contribution is 2.21. The summed E-state index contributed by atoms with van der Waals surface area (Å²) in [4.78, 5) is 26.6. The van der Waals surface area contributed by atoms with Gasteiger partial charge in [-0.2, -0.15) is 0 Å². The summed E-state index contributed by atoms with van der Waals surface area (Å²) < 4.78 is 25.9. The van der Waals surface area contributed by atoms with Crippen LogP contribution in [-0.4, -0.2) is 79.8 Å². The molecule has 1 N–H and O–H groups in total. The minimum absolute atomic E-state index is 0.146. The third-order valence-electron chi connectivity index (χ3n) is 5.82. The zero-order valence-electron chi connectivity index (χ0n) is 20.2. The summed E-state index contributed by atoms with van der Waals surface area (Å²) in [6, 6.07) is 7.99. The highest BCUT2D eigenvalue weighted by molar-refractivity contribution is 7.89. The summed E-state index contributed by atoms with van der Waals surface area (Å²) in [6.45, 7) is 11.0. The van der Waals surface area contributed by atoms with Crippen molar-refractivity contribution in [2.75, 3.05) is 50.5 Å². The second-order valence-electron chi connectivity index (χ2n) is 8.88. The molecule has 1 fully saturated rings. The molecule has 10 heteroatoms. The highest BCUT2D eigenvalue weighted by atomic mass is 32.2. The van der Waals surface area contributed by atoms with Gasteiger partial charge < -0.3 is 10.2 Å². The summed E-state index contributed by atoms with van der Waals surface area (Å²) in [6.07, 6.45) is 0. The minimum atomic E-state index is -3.56. The minimum Gasteiger partial charge on any atom is -0.354 e. The quantitative estimate of drug-likeness (QED) is 0.657. The van der Waals surface area contributed by atoms with E-state index < -0.39 is 10.0 Å². The van der Waals surface area contributed by atoms with Crippen LogP contribution >= 0.6 is 0 Å². The number of aryl methyl sites for hydroxylation is 1. The lowest BCUT2D eigenvalue weighted by molar-refractivity contribution is -0.120. The first-order chi connectivity index (χ1) is 15.5. The molecule has 180 valence electrons. The summed E-state index contributed by atoms with van der Waals surface area (Å²) in [5, 5.41) is 2.86. The molecular formula is C23H34N6O3S. The Kier molecular flexibility index (Phi) is 7.71. The van der Waals surface area contributed by atoms with Crippen LogP contribution in [-0.2, 0) is 14.8 Å². The van der Waals surface area contributed by atoms with E-state index in [4.69, 9.17) is 4.98 Å². The maximum absolute atomic E-state index is 12.9. The van der Waals surface area contributed by atoms with Crippen molar-refractivity contribution in [3.05, 3.63) is 41.9 Å². The second kappa shape index (κ2) is 10.1. The first-order valence-electron chi connectivity index (χ1n) is 11.2. The number of hydrogen-bond donors (Lipinski definition) is 1. The maximum atomic E-state index is 12.9. The standard InChI is InChI=1S/C23H34N6O3S/c1-16(2)22-24-17(3)14-21(26-22)29-12-10-28(11-13-29)18(4)23(30)25-19-8-7-9-20(15-19)33(31,32)27(5)6/h7-9,14-16,18H,10-13H2,1-6H3,(H,25,30)/t18-/m1/s1. The number of nitrogens with one attached hydrogen (secondary N) is 1. The van der Waals surface area contributed by atoms with Crippen LogP contribution < -0.4 is 10.2 Å². The Morgan fingerprint density at radius 2 is 1.73 bits per heavy atom. The molecule has 0 radical (unpaired) electrons. The molecule has 2 aromatic rings. The smallest absolute Gasteiger partial charge is 0.242 e. The third-order valence-corrected chi connectivity index (χ3v) is 7.63. The molecule has 0 unspecified atom stereocenters. The largest absolute Gasteiger partial charge is 0.354 e. The number of amides is 1. The Balaban J connectivity index is 1.62. The number of hydrogen-bond acceptors (Lipinski definition) is 7. The van der Waals surface area contributed by atoms with Crippen molar-refractivity contribution in [1.82, 2.24) is 19.2 Å². The number of aromatic nitrogens is 2. The molecule has 1 atom stereocenters. The van der Waals surface area contributed by atoms with Crippen LogP contribution in [0.2, 0.25) is 0 Å². The fourth-order valence-electron chi connectivity index (χ4n) is 3.69. The molecular weight excluding hydrogens is 440 g/mol. The number of rotatable bonds is 7. The summed E-state index contributed by atoms with van der Waals surface area (Å²) in [5.74, 6) is 1.88. The molecule has 1 aromatic carbocycles. The van der Waals surface area contributed by atoms with Gasteiger partial charge in [0.25, 0.3) is 0 Å². The molecule has 1 saturated heterocycles. The maximum Gasteiger partial charge on any atom is 0.242 e. The number of sulfonamides is 1. The van der Waals surface area contributed by atoms with Gasteiger partial charge in [-0.25, -0.2) is 22.7 Å². The van der Waals surface area contributed by atoms with Crippen LogP contribution in [0.4, 0.5) is 11.5 Å². The Bertz CT molecular complexity index is 1100. The fourth-order valence-corrected chi connectivity index (χ4v) is 4.64. The van der Waals surface area contributed by atoms with Crippen LogP contribution in [0.1, 0.15) is 38.2 Å². The zero-order valence-corrected chi connectivity index (χ0v) is 21.1. The van der Waals surface area contributed by atoms with E-state index in [0.29, 0.717) is 5.69 Å². The predicted octanol–water partition coefficient (Wildman–Crippen LogP) is 2.31. The van der Waals surface area contributed by atoms with Crippen molar-refractivity contribution in [1.29, 1.82) is 0 Å². The first kappa shape index (κ1) is 25.1. The van der Waals surface area contributed by atoms with Crippen molar-refractivity contribution in [2.45, 2.75) is 44.6 Å². The number of nitrogens with zero attached hydrogens (tertiary/aromatic N) is 5. The van der Waals surface area contributed by atoms with Gasteiger partial charge in [0.15, 0.2) is 0 Å². The third kappa shape index (κ3) is 5.87. The van der Waals surface area contributed by atoms with E-state index >= 15 is 0 Å². The number of anilines is 2. The molecule has 1 aromatic heterocycles. The average Bonchev–Trinajstić information content (AvgIpc) is 2.78. The Morgan fingerprint density at radius 3 is 2.33 bits per heavy atom. The molecule has 1 amide bonds. The SMILES string of the molecule is Cc1cc(N2CCN([C@H](C)C(=O)Nc3cccc(S(=O)(=O)N(C)C)c3)CC2)nc(C(C)C)n1. The van der Waals surface area contributed by atoms with Crippen molar-refractivity contribution in [2.24, 2.45) is 0 Å². The molecule has 0 bridgehead atoms. The molecule has 0 aliphatic carbocycles. The second-order valence-corrected chi connectivity index (χ2v) is 11.0. The van der Waals surface area contributed by atoms with Gasteiger partial charge in [-0.05, 0) is 32.0 Å². The zero-order chi connectivity index (χ0) is 24.3. The van der Waals surface area contributed by atoms with Gasteiger partial charge in [-0.1, -0.05) is 19.9 Å². The lowest BCUT2D eigenvalue weighted by atomic mass is 10.2. The molecule has 3 rings (SSSR count). The van der Waals surface area contributed by atoms with E-state index in [1.54, 1.807) is 12.1 Å².